The quantitative estimate of drug-likeness (QED) is 0.642. The molecule has 1 heteroatoms. The zero-order chi connectivity index (χ0) is 10.9. The van der Waals surface area contributed by atoms with Gasteiger partial charge in [0.1, 0.15) is 0 Å². The number of benzene rings is 1. The van der Waals surface area contributed by atoms with Crippen molar-refractivity contribution in [1.82, 2.24) is 0 Å². The molecule has 1 aromatic carbocycles. The van der Waals surface area contributed by atoms with Crippen molar-refractivity contribution in [3.05, 3.63) is 33.4 Å². The fraction of sp³-hybridized carbons (Fsp3) is 0.571. The molecule has 0 nitrogen and oxygen atoms in total. The summed E-state index contributed by atoms with van der Waals surface area (Å²) in [4.78, 5) is 0. The Labute approximate surface area is 107 Å². The average Bonchev–Trinajstić information content (AvgIpc) is 2.17. The lowest BCUT2D eigenvalue weighted by Crippen LogP contribution is -2.20. The van der Waals surface area contributed by atoms with E-state index in [0.717, 1.165) is 5.92 Å². The lowest BCUT2D eigenvalue weighted by molar-refractivity contribution is 0.224. The Morgan fingerprint density at radius 2 is 1.87 bits per heavy atom. The summed E-state index contributed by atoms with van der Waals surface area (Å²) < 4.78 is 1.37. The van der Waals surface area contributed by atoms with Gasteiger partial charge >= 0.3 is 0 Å². The number of hydrogen-bond acceptors (Lipinski definition) is 0. The van der Waals surface area contributed by atoms with Gasteiger partial charge in [0.25, 0.3) is 0 Å². The minimum atomic E-state index is 0.582. The van der Waals surface area contributed by atoms with Crippen LogP contribution in [0, 0.1) is 8.99 Å². The van der Waals surface area contributed by atoms with Crippen molar-refractivity contribution in [2.45, 2.75) is 45.4 Å². The van der Waals surface area contributed by atoms with Gasteiger partial charge in [-0.1, -0.05) is 26.0 Å². The Bertz CT molecular complexity index is 331. The molecule has 1 aliphatic rings. The van der Waals surface area contributed by atoms with Gasteiger partial charge in [-0.2, -0.15) is 0 Å². The molecule has 0 N–H and O–H groups in total. The van der Waals surface area contributed by atoms with Crippen LogP contribution in [0.25, 0.3) is 0 Å². The minimum absolute atomic E-state index is 0.582. The molecule has 2 rings (SSSR count). The van der Waals surface area contributed by atoms with Gasteiger partial charge in [0.15, 0.2) is 0 Å². The molecule has 0 unspecified atom stereocenters. The van der Waals surface area contributed by atoms with Crippen molar-refractivity contribution in [2.75, 3.05) is 0 Å². The van der Waals surface area contributed by atoms with E-state index in [1.807, 2.05) is 0 Å². The largest absolute Gasteiger partial charge is 0.0609 e. The summed E-state index contributed by atoms with van der Waals surface area (Å²) in [6.45, 7) is 4.80. The van der Waals surface area contributed by atoms with Crippen LogP contribution in [0.3, 0.4) is 0 Å². The molecule has 0 aromatic heterocycles. The van der Waals surface area contributed by atoms with E-state index in [1.165, 1.54) is 29.3 Å². The molecule has 1 fully saturated rings. The van der Waals surface area contributed by atoms with E-state index in [-0.39, 0.29) is 0 Å². The van der Waals surface area contributed by atoms with Crippen LogP contribution in [0.5, 0.6) is 0 Å². The van der Waals surface area contributed by atoms with Crippen LogP contribution in [-0.2, 0) is 0 Å². The standard InChI is InChI=1S/C14H19I/c1-14(2)8-6-11(7-9-14)12-4-3-5-13(15)10-12/h3-5,10-11H,6-9H2,1-2H3. The summed E-state index contributed by atoms with van der Waals surface area (Å²) >= 11 is 2.41. The first kappa shape index (κ1) is 11.4. The van der Waals surface area contributed by atoms with Crippen molar-refractivity contribution in [3.8, 4) is 0 Å². The lowest BCUT2D eigenvalue weighted by Gasteiger charge is -2.34. The van der Waals surface area contributed by atoms with Crippen molar-refractivity contribution in [2.24, 2.45) is 5.41 Å². The van der Waals surface area contributed by atoms with E-state index in [0.29, 0.717) is 5.41 Å². The third kappa shape index (κ3) is 2.96. The molecule has 0 bridgehead atoms. The van der Waals surface area contributed by atoms with Crippen LogP contribution in [-0.4, -0.2) is 0 Å². The highest BCUT2D eigenvalue weighted by Gasteiger charge is 2.27. The smallest absolute Gasteiger partial charge is 0.0133 e. The zero-order valence-corrected chi connectivity index (χ0v) is 11.8. The van der Waals surface area contributed by atoms with Crippen molar-refractivity contribution < 1.29 is 0 Å². The molecule has 0 saturated heterocycles. The first-order chi connectivity index (χ1) is 7.07. The number of hydrogen-bond donors (Lipinski definition) is 0. The van der Waals surface area contributed by atoms with Gasteiger partial charge in [0, 0.05) is 3.57 Å². The first-order valence-electron chi connectivity index (χ1n) is 5.82. The van der Waals surface area contributed by atoms with Crippen LogP contribution >= 0.6 is 22.6 Å². The molecule has 1 aliphatic carbocycles. The summed E-state index contributed by atoms with van der Waals surface area (Å²) in [5, 5.41) is 0. The third-order valence-corrected chi connectivity index (χ3v) is 4.33. The SMILES string of the molecule is CC1(C)CCC(c2cccc(I)c2)CC1. The minimum Gasteiger partial charge on any atom is -0.0609 e. The highest BCUT2D eigenvalue weighted by molar-refractivity contribution is 14.1. The molecule has 0 spiro atoms. The van der Waals surface area contributed by atoms with Crippen molar-refractivity contribution in [1.29, 1.82) is 0 Å². The molecule has 0 amide bonds. The van der Waals surface area contributed by atoms with Crippen molar-refractivity contribution in [3.63, 3.8) is 0 Å². The molecular weight excluding hydrogens is 295 g/mol. The summed E-state index contributed by atoms with van der Waals surface area (Å²) in [6.07, 6.45) is 5.49. The normalized spacial score (nSPS) is 21.5. The molecule has 1 saturated carbocycles. The predicted octanol–water partition coefficient (Wildman–Crippen LogP) is 4.98. The van der Waals surface area contributed by atoms with Gasteiger partial charge in [-0.25, -0.2) is 0 Å². The van der Waals surface area contributed by atoms with Gasteiger partial charge in [-0.15, -0.1) is 0 Å². The fourth-order valence-electron chi connectivity index (χ4n) is 2.49. The maximum atomic E-state index is 2.41. The number of rotatable bonds is 1. The second-order valence-electron chi connectivity index (χ2n) is 5.49. The molecule has 0 radical (unpaired) electrons. The van der Waals surface area contributed by atoms with Gasteiger partial charge in [0.2, 0.25) is 0 Å². The Balaban J connectivity index is 2.08. The monoisotopic (exact) mass is 314 g/mol. The maximum Gasteiger partial charge on any atom is 0.0133 e. The highest BCUT2D eigenvalue weighted by Crippen LogP contribution is 2.42. The average molecular weight is 314 g/mol. The predicted molar refractivity (Wildman–Crippen MR) is 74.1 cm³/mol. The van der Waals surface area contributed by atoms with Gasteiger partial charge < -0.3 is 0 Å². The molecule has 0 atom stereocenters. The van der Waals surface area contributed by atoms with Gasteiger partial charge in [-0.3, -0.25) is 0 Å². The Kier molecular flexibility index (Phi) is 3.39. The van der Waals surface area contributed by atoms with Crippen LogP contribution in [0.1, 0.15) is 51.0 Å². The van der Waals surface area contributed by atoms with Crippen LogP contribution in [0.4, 0.5) is 0 Å². The van der Waals surface area contributed by atoms with Crippen LogP contribution in [0.15, 0.2) is 24.3 Å². The second kappa shape index (κ2) is 4.44. The summed E-state index contributed by atoms with van der Waals surface area (Å²) in [5.41, 5.74) is 2.13. The van der Waals surface area contributed by atoms with Crippen molar-refractivity contribution >= 4 is 22.6 Å². The molecule has 1 aromatic rings. The van der Waals surface area contributed by atoms with E-state index in [4.69, 9.17) is 0 Å². The van der Waals surface area contributed by atoms with Crippen LogP contribution < -0.4 is 0 Å². The molecule has 0 aliphatic heterocycles. The maximum absolute atomic E-state index is 2.41. The van der Waals surface area contributed by atoms with Gasteiger partial charge in [0.05, 0.1) is 0 Å². The second-order valence-corrected chi connectivity index (χ2v) is 6.74. The Morgan fingerprint density at radius 1 is 1.20 bits per heavy atom. The van der Waals surface area contributed by atoms with Crippen LogP contribution in [0.2, 0.25) is 0 Å². The van der Waals surface area contributed by atoms with E-state index in [9.17, 15) is 0 Å². The first-order valence-corrected chi connectivity index (χ1v) is 6.90. The lowest BCUT2D eigenvalue weighted by atomic mass is 9.71. The fourth-order valence-corrected chi connectivity index (χ4v) is 3.06. The Hall–Kier alpha value is -0.0500. The van der Waals surface area contributed by atoms with E-state index in [2.05, 4.69) is 60.7 Å². The summed E-state index contributed by atoms with van der Waals surface area (Å²) in [5.74, 6) is 0.813. The van der Waals surface area contributed by atoms with Gasteiger partial charge in [-0.05, 0) is 77.3 Å². The molecule has 0 heterocycles. The summed E-state index contributed by atoms with van der Waals surface area (Å²) in [6, 6.07) is 9.02. The summed E-state index contributed by atoms with van der Waals surface area (Å²) in [7, 11) is 0. The molecule has 15 heavy (non-hydrogen) atoms. The van der Waals surface area contributed by atoms with E-state index in [1.54, 1.807) is 5.56 Å². The topological polar surface area (TPSA) is 0 Å². The third-order valence-electron chi connectivity index (χ3n) is 3.66. The zero-order valence-electron chi connectivity index (χ0n) is 9.59. The molecular formula is C14H19I. The highest BCUT2D eigenvalue weighted by atomic mass is 127. The van der Waals surface area contributed by atoms with E-state index >= 15 is 0 Å². The molecule has 82 valence electrons. The Morgan fingerprint density at radius 3 is 2.47 bits per heavy atom. The van der Waals surface area contributed by atoms with E-state index < -0.39 is 0 Å². The number of halogens is 1.